The molecule has 124 valence electrons. The number of aromatic nitrogens is 2. The van der Waals surface area contributed by atoms with Crippen molar-refractivity contribution in [3.63, 3.8) is 0 Å². The molecule has 1 amide bonds. The highest BCUT2D eigenvalue weighted by molar-refractivity contribution is 8.00. The second-order valence-electron chi connectivity index (χ2n) is 6.42. The molecule has 0 saturated heterocycles. The number of amides is 1. The monoisotopic (exact) mass is 339 g/mol. The quantitative estimate of drug-likeness (QED) is 0.606. The Hall–Kier alpha value is -1.88. The molecule has 1 aromatic carbocycles. The molecular weight excluding hydrogens is 318 g/mol. The van der Waals surface area contributed by atoms with Gasteiger partial charge in [-0.3, -0.25) is 4.79 Å². The van der Waals surface area contributed by atoms with Crippen molar-refractivity contribution in [1.82, 2.24) is 14.9 Å². The molecule has 0 unspecified atom stereocenters. The number of carbonyl (C=O) groups is 1. The van der Waals surface area contributed by atoms with Gasteiger partial charge in [0.1, 0.15) is 11.4 Å². The number of fused-ring (bicyclic) bond motifs is 1. The molecule has 2 aliphatic carbocycles. The summed E-state index contributed by atoms with van der Waals surface area (Å²) in [5.41, 5.74) is 2.18. The summed E-state index contributed by atoms with van der Waals surface area (Å²) >= 11 is 1.53. The van der Waals surface area contributed by atoms with Gasteiger partial charge in [0.15, 0.2) is 0 Å². The summed E-state index contributed by atoms with van der Waals surface area (Å²) in [5.74, 6) is 0.660. The SMILES string of the molecule is O=C(CSc1ncnc2ccccc12)N(C1=CCCCC1)C1CC1. The van der Waals surface area contributed by atoms with Gasteiger partial charge >= 0.3 is 0 Å². The molecule has 1 fully saturated rings. The maximum Gasteiger partial charge on any atom is 0.237 e. The molecule has 0 radical (unpaired) electrons. The minimum atomic E-state index is 0.221. The van der Waals surface area contributed by atoms with Crippen LogP contribution in [-0.2, 0) is 4.79 Å². The Morgan fingerprint density at radius 3 is 2.88 bits per heavy atom. The molecule has 24 heavy (non-hydrogen) atoms. The second kappa shape index (κ2) is 6.93. The zero-order valence-corrected chi connectivity index (χ0v) is 14.5. The van der Waals surface area contributed by atoms with E-state index in [1.807, 2.05) is 24.3 Å². The minimum absolute atomic E-state index is 0.221. The van der Waals surface area contributed by atoms with E-state index in [9.17, 15) is 4.79 Å². The van der Waals surface area contributed by atoms with Crippen molar-refractivity contribution in [2.45, 2.75) is 49.6 Å². The highest BCUT2D eigenvalue weighted by Crippen LogP contribution is 2.35. The highest BCUT2D eigenvalue weighted by atomic mass is 32.2. The predicted molar refractivity (Wildman–Crippen MR) is 96.7 cm³/mol. The fourth-order valence-electron chi connectivity index (χ4n) is 3.27. The number of carbonyl (C=O) groups excluding carboxylic acids is 1. The number of rotatable bonds is 5. The molecule has 0 bridgehead atoms. The number of benzene rings is 1. The molecule has 4 rings (SSSR count). The second-order valence-corrected chi connectivity index (χ2v) is 7.38. The Labute approximate surface area is 146 Å². The van der Waals surface area contributed by atoms with Gasteiger partial charge in [-0.05, 0) is 44.6 Å². The lowest BCUT2D eigenvalue weighted by molar-refractivity contribution is -0.127. The van der Waals surface area contributed by atoms with Crippen LogP contribution in [0.25, 0.3) is 10.9 Å². The average Bonchev–Trinajstić information content (AvgIpc) is 3.46. The van der Waals surface area contributed by atoms with Gasteiger partial charge in [0.05, 0.1) is 11.3 Å². The van der Waals surface area contributed by atoms with Gasteiger partial charge < -0.3 is 4.90 Å². The van der Waals surface area contributed by atoms with E-state index in [0.29, 0.717) is 11.8 Å². The standard InChI is InChI=1S/C19H21N3OS/c23-18(22(15-10-11-15)14-6-2-1-3-7-14)12-24-19-16-8-4-5-9-17(16)20-13-21-19/h4-6,8-9,13,15H,1-3,7,10-12H2. The Morgan fingerprint density at radius 2 is 2.08 bits per heavy atom. The molecule has 2 aromatic rings. The van der Waals surface area contributed by atoms with E-state index in [2.05, 4.69) is 20.9 Å². The maximum absolute atomic E-state index is 12.9. The van der Waals surface area contributed by atoms with E-state index in [-0.39, 0.29) is 5.91 Å². The van der Waals surface area contributed by atoms with Gasteiger partial charge in [0, 0.05) is 17.1 Å². The Bertz CT molecular complexity index is 780. The van der Waals surface area contributed by atoms with E-state index in [0.717, 1.165) is 41.6 Å². The summed E-state index contributed by atoms with van der Waals surface area (Å²) in [5, 5.41) is 1.91. The molecule has 1 heterocycles. The first kappa shape index (κ1) is 15.6. The first-order chi connectivity index (χ1) is 11.8. The zero-order chi connectivity index (χ0) is 16.4. The number of thioether (sulfide) groups is 1. The lowest BCUT2D eigenvalue weighted by atomic mass is 10.0. The van der Waals surface area contributed by atoms with Crippen LogP contribution < -0.4 is 0 Å². The highest BCUT2D eigenvalue weighted by Gasteiger charge is 2.34. The first-order valence-corrected chi connectivity index (χ1v) is 9.65. The molecule has 1 saturated carbocycles. The van der Waals surface area contributed by atoms with Crippen LogP contribution in [0.3, 0.4) is 0 Å². The van der Waals surface area contributed by atoms with Crippen LogP contribution in [-0.4, -0.2) is 32.6 Å². The van der Waals surface area contributed by atoms with Crippen molar-refractivity contribution in [3.05, 3.63) is 42.4 Å². The van der Waals surface area contributed by atoms with E-state index in [4.69, 9.17) is 0 Å². The molecule has 5 heteroatoms. The topological polar surface area (TPSA) is 46.1 Å². The Balaban J connectivity index is 1.49. The van der Waals surface area contributed by atoms with Crippen LogP contribution in [0.1, 0.15) is 38.5 Å². The maximum atomic E-state index is 12.9. The van der Waals surface area contributed by atoms with E-state index in [1.54, 1.807) is 6.33 Å². The van der Waals surface area contributed by atoms with Crippen LogP contribution in [0.2, 0.25) is 0 Å². The van der Waals surface area contributed by atoms with E-state index >= 15 is 0 Å². The third kappa shape index (κ3) is 3.31. The normalized spacial score (nSPS) is 17.6. The van der Waals surface area contributed by atoms with Crippen LogP contribution in [0.4, 0.5) is 0 Å². The number of hydrogen-bond donors (Lipinski definition) is 0. The van der Waals surface area contributed by atoms with Gasteiger partial charge in [-0.25, -0.2) is 9.97 Å². The minimum Gasteiger partial charge on any atom is -0.313 e. The summed E-state index contributed by atoms with van der Waals surface area (Å²) in [6, 6.07) is 8.39. The molecule has 0 N–H and O–H groups in total. The molecule has 1 aromatic heterocycles. The van der Waals surface area contributed by atoms with Crippen LogP contribution >= 0.6 is 11.8 Å². The molecule has 2 aliphatic rings. The van der Waals surface area contributed by atoms with Gasteiger partial charge in [-0.2, -0.15) is 0 Å². The third-order valence-electron chi connectivity index (χ3n) is 4.60. The van der Waals surface area contributed by atoms with E-state index < -0.39 is 0 Å². The van der Waals surface area contributed by atoms with Gasteiger partial charge in [0.25, 0.3) is 0 Å². The van der Waals surface area contributed by atoms with Crippen molar-refractivity contribution in [2.24, 2.45) is 0 Å². The first-order valence-electron chi connectivity index (χ1n) is 8.66. The third-order valence-corrected chi connectivity index (χ3v) is 5.59. The van der Waals surface area contributed by atoms with E-state index in [1.165, 1.54) is 30.3 Å². The van der Waals surface area contributed by atoms with Crippen molar-refractivity contribution < 1.29 is 4.79 Å². The number of allylic oxidation sites excluding steroid dienone is 2. The zero-order valence-electron chi connectivity index (χ0n) is 13.6. The Morgan fingerprint density at radius 1 is 1.21 bits per heavy atom. The predicted octanol–water partition coefficient (Wildman–Crippen LogP) is 4.17. The molecule has 0 spiro atoms. The molecule has 0 atom stereocenters. The molecular formula is C19H21N3OS. The Kier molecular flexibility index (Phi) is 4.52. The van der Waals surface area contributed by atoms with Crippen molar-refractivity contribution in [1.29, 1.82) is 0 Å². The van der Waals surface area contributed by atoms with Crippen LogP contribution in [0, 0.1) is 0 Å². The number of para-hydroxylation sites is 1. The van der Waals surface area contributed by atoms with Crippen molar-refractivity contribution in [3.8, 4) is 0 Å². The number of nitrogens with zero attached hydrogens (tertiary/aromatic N) is 3. The lowest BCUT2D eigenvalue weighted by Gasteiger charge is -2.27. The van der Waals surface area contributed by atoms with Gasteiger partial charge in [-0.15, -0.1) is 0 Å². The lowest BCUT2D eigenvalue weighted by Crippen LogP contribution is -2.34. The molecule has 4 nitrogen and oxygen atoms in total. The van der Waals surface area contributed by atoms with Gasteiger partial charge in [0.2, 0.25) is 5.91 Å². The van der Waals surface area contributed by atoms with Gasteiger partial charge in [-0.1, -0.05) is 36.0 Å². The fourth-order valence-corrected chi connectivity index (χ4v) is 4.11. The largest absolute Gasteiger partial charge is 0.313 e. The smallest absolute Gasteiger partial charge is 0.237 e. The fraction of sp³-hybridized carbons (Fsp3) is 0.421. The van der Waals surface area contributed by atoms with Crippen LogP contribution in [0.5, 0.6) is 0 Å². The summed E-state index contributed by atoms with van der Waals surface area (Å²) in [7, 11) is 0. The summed E-state index contributed by atoms with van der Waals surface area (Å²) in [6.45, 7) is 0. The summed E-state index contributed by atoms with van der Waals surface area (Å²) in [4.78, 5) is 23.6. The molecule has 0 aliphatic heterocycles. The van der Waals surface area contributed by atoms with Crippen LogP contribution in [0.15, 0.2) is 47.4 Å². The number of hydrogen-bond acceptors (Lipinski definition) is 4. The summed E-state index contributed by atoms with van der Waals surface area (Å²) < 4.78 is 0. The average molecular weight is 339 g/mol. The van der Waals surface area contributed by atoms with Crippen molar-refractivity contribution >= 4 is 28.6 Å². The van der Waals surface area contributed by atoms with Crippen molar-refractivity contribution in [2.75, 3.05) is 5.75 Å². The summed E-state index contributed by atoms with van der Waals surface area (Å²) in [6.07, 6.45) is 10.7.